The molecule has 1 aliphatic rings. The summed E-state index contributed by atoms with van der Waals surface area (Å²) in [5.74, 6) is 0.153. The summed E-state index contributed by atoms with van der Waals surface area (Å²) >= 11 is 0. The van der Waals surface area contributed by atoms with Gasteiger partial charge in [-0.05, 0) is 36.9 Å². The fourth-order valence-corrected chi connectivity index (χ4v) is 2.50. The fourth-order valence-electron chi connectivity index (χ4n) is 2.50. The molecule has 106 valence electrons. The Morgan fingerprint density at radius 2 is 2.11 bits per heavy atom. The largest absolute Gasteiger partial charge is 0.352 e. The van der Waals surface area contributed by atoms with Crippen LogP contribution >= 0.6 is 12.4 Å². The number of benzene rings is 1. The van der Waals surface area contributed by atoms with Crippen molar-refractivity contribution in [2.75, 3.05) is 6.54 Å². The molecule has 19 heavy (non-hydrogen) atoms. The van der Waals surface area contributed by atoms with Crippen molar-refractivity contribution in [2.45, 2.75) is 45.2 Å². The van der Waals surface area contributed by atoms with Crippen LogP contribution in [-0.2, 0) is 17.8 Å². The molecule has 0 radical (unpaired) electrons. The molecule has 1 fully saturated rings. The lowest BCUT2D eigenvalue weighted by Crippen LogP contribution is -2.31. The van der Waals surface area contributed by atoms with Gasteiger partial charge in [0, 0.05) is 19.0 Å². The number of carbonyl (C=O) groups is 1. The quantitative estimate of drug-likeness (QED) is 0.871. The van der Waals surface area contributed by atoms with E-state index in [0.717, 1.165) is 19.4 Å². The second-order valence-electron chi connectivity index (χ2n) is 4.90. The van der Waals surface area contributed by atoms with Crippen molar-refractivity contribution in [1.29, 1.82) is 0 Å². The van der Waals surface area contributed by atoms with Crippen molar-refractivity contribution in [3.63, 3.8) is 0 Å². The maximum atomic E-state index is 11.8. The van der Waals surface area contributed by atoms with E-state index >= 15 is 0 Å². The number of aryl methyl sites for hydroxylation is 1. The molecule has 2 rings (SSSR count). The van der Waals surface area contributed by atoms with Crippen molar-refractivity contribution in [1.82, 2.24) is 10.6 Å². The van der Waals surface area contributed by atoms with Crippen LogP contribution in [0.5, 0.6) is 0 Å². The first-order valence-corrected chi connectivity index (χ1v) is 6.86. The van der Waals surface area contributed by atoms with Gasteiger partial charge in [0.1, 0.15) is 0 Å². The van der Waals surface area contributed by atoms with Gasteiger partial charge in [0.2, 0.25) is 5.91 Å². The maximum Gasteiger partial charge on any atom is 0.221 e. The first-order chi connectivity index (χ1) is 8.79. The van der Waals surface area contributed by atoms with E-state index in [1.165, 1.54) is 17.5 Å². The van der Waals surface area contributed by atoms with Crippen molar-refractivity contribution < 1.29 is 4.79 Å². The van der Waals surface area contributed by atoms with Crippen LogP contribution in [0.2, 0.25) is 0 Å². The molecule has 1 amide bonds. The van der Waals surface area contributed by atoms with Crippen LogP contribution in [0.1, 0.15) is 37.3 Å². The van der Waals surface area contributed by atoms with Crippen molar-refractivity contribution in [3.05, 3.63) is 35.4 Å². The molecule has 1 aromatic carbocycles. The molecule has 0 aliphatic carbocycles. The lowest BCUT2D eigenvalue weighted by Gasteiger charge is -2.12. The minimum Gasteiger partial charge on any atom is -0.352 e. The Morgan fingerprint density at radius 3 is 2.74 bits per heavy atom. The Hall–Kier alpha value is -1.06. The maximum absolute atomic E-state index is 11.8. The minimum atomic E-state index is 0. The summed E-state index contributed by atoms with van der Waals surface area (Å²) in [5.41, 5.74) is 2.55. The van der Waals surface area contributed by atoms with Crippen LogP contribution in [0.15, 0.2) is 24.3 Å². The highest BCUT2D eigenvalue weighted by Gasteiger charge is 2.17. The topological polar surface area (TPSA) is 41.1 Å². The Labute approximate surface area is 121 Å². The van der Waals surface area contributed by atoms with Gasteiger partial charge >= 0.3 is 0 Å². The summed E-state index contributed by atoms with van der Waals surface area (Å²) in [6.45, 7) is 3.84. The van der Waals surface area contributed by atoms with Gasteiger partial charge in [-0.3, -0.25) is 4.79 Å². The molecular formula is C15H23ClN2O. The van der Waals surface area contributed by atoms with Gasteiger partial charge < -0.3 is 10.6 Å². The number of rotatable bonds is 5. The number of nitrogens with one attached hydrogen (secondary N) is 2. The van der Waals surface area contributed by atoms with Crippen LogP contribution in [0.3, 0.4) is 0 Å². The Morgan fingerprint density at radius 1 is 1.37 bits per heavy atom. The number of hydrogen-bond donors (Lipinski definition) is 2. The molecule has 1 unspecified atom stereocenters. The molecule has 1 aromatic rings. The summed E-state index contributed by atoms with van der Waals surface area (Å²) < 4.78 is 0. The van der Waals surface area contributed by atoms with E-state index in [0.29, 0.717) is 19.0 Å². The summed E-state index contributed by atoms with van der Waals surface area (Å²) in [6.07, 6.45) is 3.93. The Balaban J connectivity index is 0.00000180. The number of carbonyl (C=O) groups excluding carboxylic acids is 1. The molecule has 0 spiro atoms. The van der Waals surface area contributed by atoms with Crippen LogP contribution in [-0.4, -0.2) is 18.5 Å². The average Bonchev–Trinajstić information content (AvgIpc) is 2.89. The molecule has 2 N–H and O–H groups in total. The van der Waals surface area contributed by atoms with Crippen molar-refractivity contribution in [3.8, 4) is 0 Å². The number of amides is 1. The monoisotopic (exact) mass is 282 g/mol. The molecule has 3 nitrogen and oxygen atoms in total. The SMILES string of the molecule is CCc1ccccc1CNC(=O)CC1CCCN1.Cl. The highest BCUT2D eigenvalue weighted by Crippen LogP contribution is 2.10. The fraction of sp³-hybridized carbons (Fsp3) is 0.533. The molecule has 0 bridgehead atoms. The van der Waals surface area contributed by atoms with Crippen LogP contribution in [0.4, 0.5) is 0 Å². The number of hydrogen-bond acceptors (Lipinski definition) is 2. The third kappa shape index (κ3) is 4.84. The van der Waals surface area contributed by atoms with Gasteiger partial charge in [-0.2, -0.15) is 0 Å². The predicted octanol–water partition coefficient (Wildman–Crippen LogP) is 2.43. The van der Waals surface area contributed by atoms with Gasteiger partial charge in [0.15, 0.2) is 0 Å². The van der Waals surface area contributed by atoms with Gasteiger partial charge in [-0.1, -0.05) is 31.2 Å². The Bertz CT molecular complexity index is 403. The highest BCUT2D eigenvalue weighted by atomic mass is 35.5. The van der Waals surface area contributed by atoms with E-state index in [-0.39, 0.29) is 18.3 Å². The molecule has 4 heteroatoms. The highest BCUT2D eigenvalue weighted by molar-refractivity contribution is 5.85. The zero-order valence-corrected chi connectivity index (χ0v) is 12.3. The normalized spacial score (nSPS) is 17.8. The zero-order chi connectivity index (χ0) is 12.8. The van der Waals surface area contributed by atoms with Gasteiger partial charge in [0.25, 0.3) is 0 Å². The van der Waals surface area contributed by atoms with Crippen molar-refractivity contribution >= 4 is 18.3 Å². The Kier molecular flexibility index (Phi) is 6.89. The summed E-state index contributed by atoms with van der Waals surface area (Å²) in [7, 11) is 0. The van der Waals surface area contributed by atoms with E-state index in [2.05, 4.69) is 29.7 Å². The average molecular weight is 283 g/mol. The standard InChI is InChI=1S/C15H22N2O.ClH/c1-2-12-6-3-4-7-13(12)11-17-15(18)10-14-8-5-9-16-14;/h3-4,6-7,14,16H,2,5,8-11H2,1H3,(H,17,18);1H. The smallest absolute Gasteiger partial charge is 0.221 e. The molecule has 1 atom stereocenters. The van der Waals surface area contributed by atoms with Crippen LogP contribution in [0, 0.1) is 0 Å². The van der Waals surface area contributed by atoms with E-state index < -0.39 is 0 Å². The summed E-state index contributed by atoms with van der Waals surface area (Å²) in [5, 5.41) is 6.37. The third-order valence-corrected chi connectivity index (χ3v) is 3.57. The van der Waals surface area contributed by atoms with Crippen LogP contribution < -0.4 is 10.6 Å². The van der Waals surface area contributed by atoms with Crippen molar-refractivity contribution in [2.24, 2.45) is 0 Å². The van der Waals surface area contributed by atoms with E-state index in [1.54, 1.807) is 0 Å². The molecule has 1 aliphatic heterocycles. The molecule has 0 aromatic heterocycles. The van der Waals surface area contributed by atoms with E-state index in [1.807, 2.05) is 12.1 Å². The minimum absolute atomic E-state index is 0. The van der Waals surface area contributed by atoms with E-state index in [9.17, 15) is 4.79 Å². The summed E-state index contributed by atoms with van der Waals surface area (Å²) in [4.78, 5) is 11.8. The lowest BCUT2D eigenvalue weighted by atomic mass is 10.1. The first kappa shape index (κ1) is 16.0. The second-order valence-corrected chi connectivity index (χ2v) is 4.90. The predicted molar refractivity (Wildman–Crippen MR) is 80.6 cm³/mol. The summed E-state index contributed by atoms with van der Waals surface area (Å²) in [6, 6.07) is 8.67. The van der Waals surface area contributed by atoms with Gasteiger partial charge in [-0.25, -0.2) is 0 Å². The molecule has 1 heterocycles. The third-order valence-electron chi connectivity index (χ3n) is 3.57. The molecule has 1 saturated heterocycles. The number of halogens is 1. The molecular weight excluding hydrogens is 260 g/mol. The van der Waals surface area contributed by atoms with E-state index in [4.69, 9.17) is 0 Å². The first-order valence-electron chi connectivity index (χ1n) is 6.86. The van der Waals surface area contributed by atoms with Gasteiger partial charge in [0.05, 0.1) is 0 Å². The lowest BCUT2D eigenvalue weighted by molar-refractivity contribution is -0.121. The zero-order valence-electron chi connectivity index (χ0n) is 11.4. The molecule has 0 saturated carbocycles. The van der Waals surface area contributed by atoms with Crippen LogP contribution in [0.25, 0.3) is 0 Å². The second kappa shape index (κ2) is 8.18. The van der Waals surface area contributed by atoms with Gasteiger partial charge in [-0.15, -0.1) is 12.4 Å².